The Morgan fingerprint density at radius 1 is 1.32 bits per heavy atom. The number of nitrogens with zero attached hydrogens (tertiary/aromatic N) is 1. The molecular formula is C13H14F2N2OS. The Kier molecular flexibility index (Phi) is 4.44. The summed E-state index contributed by atoms with van der Waals surface area (Å²) in [7, 11) is 0. The van der Waals surface area contributed by atoms with E-state index in [4.69, 9.17) is 5.11 Å². The number of benzene rings is 1. The second-order valence-electron chi connectivity index (χ2n) is 4.19. The molecule has 6 heteroatoms. The van der Waals surface area contributed by atoms with Crippen LogP contribution in [0.5, 0.6) is 5.75 Å². The SMILES string of the molecule is Cc1nc(CCNCc2cc(F)c(O)c(F)c2)cs1. The van der Waals surface area contributed by atoms with Crippen molar-refractivity contribution in [2.45, 2.75) is 19.9 Å². The van der Waals surface area contributed by atoms with Gasteiger partial charge in [0.05, 0.1) is 10.7 Å². The van der Waals surface area contributed by atoms with E-state index in [9.17, 15) is 8.78 Å². The third-order valence-corrected chi connectivity index (χ3v) is 3.45. The summed E-state index contributed by atoms with van der Waals surface area (Å²) in [6.45, 7) is 2.97. The van der Waals surface area contributed by atoms with Crippen LogP contribution in [0.2, 0.25) is 0 Å². The second kappa shape index (κ2) is 6.08. The van der Waals surface area contributed by atoms with Crippen LogP contribution in [-0.4, -0.2) is 16.6 Å². The van der Waals surface area contributed by atoms with Crippen LogP contribution >= 0.6 is 11.3 Å². The molecule has 0 saturated heterocycles. The van der Waals surface area contributed by atoms with Gasteiger partial charge in [-0.1, -0.05) is 0 Å². The van der Waals surface area contributed by atoms with Crippen LogP contribution in [0.4, 0.5) is 8.78 Å². The number of phenolic OH excluding ortho intramolecular Hbond substituents is 1. The van der Waals surface area contributed by atoms with E-state index in [1.54, 1.807) is 11.3 Å². The highest BCUT2D eigenvalue weighted by atomic mass is 32.1. The third kappa shape index (κ3) is 3.71. The normalized spacial score (nSPS) is 10.9. The maximum atomic E-state index is 13.1. The Morgan fingerprint density at radius 2 is 2.00 bits per heavy atom. The quantitative estimate of drug-likeness (QED) is 0.830. The highest BCUT2D eigenvalue weighted by molar-refractivity contribution is 7.09. The molecule has 1 aromatic heterocycles. The molecule has 0 aliphatic rings. The molecule has 0 spiro atoms. The fourth-order valence-corrected chi connectivity index (χ4v) is 2.34. The molecule has 0 atom stereocenters. The maximum Gasteiger partial charge on any atom is 0.187 e. The molecular weight excluding hydrogens is 270 g/mol. The average molecular weight is 284 g/mol. The third-order valence-electron chi connectivity index (χ3n) is 2.63. The van der Waals surface area contributed by atoms with E-state index in [-0.39, 0.29) is 0 Å². The van der Waals surface area contributed by atoms with Crippen molar-refractivity contribution in [3.8, 4) is 5.75 Å². The molecule has 2 rings (SSSR count). The summed E-state index contributed by atoms with van der Waals surface area (Å²) >= 11 is 1.60. The lowest BCUT2D eigenvalue weighted by Gasteiger charge is -2.05. The molecule has 0 fully saturated rings. The van der Waals surface area contributed by atoms with Gasteiger partial charge in [-0.2, -0.15) is 0 Å². The number of aryl methyl sites for hydroxylation is 1. The van der Waals surface area contributed by atoms with Crippen molar-refractivity contribution in [1.29, 1.82) is 0 Å². The van der Waals surface area contributed by atoms with Gasteiger partial charge in [0, 0.05) is 24.9 Å². The standard InChI is InChI=1S/C13H14F2N2OS/c1-8-17-10(7-19-8)2-3-16-6-9-4-11(14)13(18)12(15)5-9/h4-5,7,16,18H,2-3,6H2,1H3. The van der Waals surface area contributed by atoms with Crippen LogP contribution in [0.15, 0.2) is 17.5 Å². The fourth-order valence-electron chi connectivity index (χ4n) is 1.69. The zero-order valence-corrected chi connectivity index (χ0v) is 11.2. The molecule has 0 bridgehead atoms. The molecule has 2 N–H and O–H groups in total. The predicted octanol–water partition coefficient (Wildman–Crippen LogP) is 2.77. The molecule has 0 radical (unpaired) electrons. The molecule has 1 aromatic carbocycles. The maximum absolute atomic E-state index is 13.1. The number of thiazole rings is 1. The van der Waals surface area contributed by atoms with E-state index in [1.165, 1.54) is 0 Å². The lowest BCUT2D eigenvalue weighted by molar-refractivity contribution is 0.395. The number of hydrogen-bond donors (Lipinski definition) is 2. The summed E-state index contributed by atoms with van der Waals surface area (Å²) in [5.74, 6) is -2.81. The van der Waals surface area contributed by atoms with Gasteiger partial charge in [-0.05, 0) is 24.6 Å². The largest absolute Gasteiger partial charge is 0.503 e. The first-order chi connectivity index (χ1) is 9.06. The Labute approximate surface area is 113 Å². The van der Waals surface area contributed by atoms with Crippen LogP contribution in [0, 0.1) is 18.6 Å². The molecule has 0 aliphatic carbocycles. The minimum absolute atomic E-state index is 0.344. The van der Waals surface area contributed by atoms with Crippen molar-refractivity contribution < 1.29 is 13.9 Å². The molecule has 102 valence electrons. The number of phenols is 1. The van der Waals surface area contributed by atoms with E-state index < -0.39 is 17.4 Å². The average Bonchev–Trinajstić information content (AvgIpc) is 2.77. The van der Waals surface area contributed by atoms with Crippen molar-refractivity contribution >= 4 is 11.3 Å². The number of hydrogen-bond acceptors (Lipinski definition) is 4. The first kappa shape index (κ1) is 13.9. The van der Waals surface area contributed by atoms with Gasteiger partial charge in [0.2, 0.25) is 0 Å². The van der Waals surface area contributed by atoms with Gasteiger partial charge in [-0.15, -0.1) is 11.3 Å². The number of halogens is 2. The first-order valence-electron chi connectivity index (χ1n) is 5.85. The molecule has 1 heterocycles. The van der Waals surface area contributed by atoms with Gasteiger partial charge in [-0.25, -0.2) is 13.8 Å². The molecule has 0 unspecified atom stereocenters. The number of nitrogens with one attached hydrogen (secondary N) is 1. The van der Waals surface area contributed by atoms with E-state index in [2.05, 4.69) is 10.3 Å². The Morgan fingerprint density at radius 3 is 2.58 bits per heavy atom. The van der Waals surface area contributed by atoms with E-state index in [1.807, 2.05) is 12.3 Å². The zero-order chi connectivity index (χ0) is 13.8. The summed E-state index contributed by atoms with van der Waals surface area (Å²) < 4.78 is 26.2. The van der Waals surface area contributed by atoms with Crippen LogP contribution in [0.25, 0.3) is 0 Å². The van der Waals surface area contributed by atoms with Gasteiger partial charge in [-0.3, -0.25) is 0 Å². The summed E-state index contributed by atoms with van der Waals surface area (Å²) in [5, 5.41) is 15.1. The van der Waals surface area contributed by atoms with Crippen molar-refractivity contribution in [2.75, 3.05) is 6.54 Å². The first-order valence-corrected chi connectivity index (χ1v) is 6.73. The predicted molar refractivity (Wildman–Crippen MR) is 70.3 cm³/mol. The monoisotopic (exact) mass is 284 g/mol. The Bertz CT molecular complexity index is 549. The van der Waals surface area contributed by atoms with Crippen LogP contribution in [0.3, 0.4) is 0 Å². The number of aromatic nitrogens is 1. The zero-order valence-electron chi connectivity index (χ0n) is 10.4. The van der Waals surface area contributed by atoms with Gasteiger partial charge in [0.1, 0.15) is 0 Å². The summed E-state index contributed by atoms with van der Waals surface area (Å²) in [6, 6.07) is 2.25. The topological polar surface area (TPSA) is 45.2 Å². The second-order valence-corrected chi connectivity index (χ2v) is 5.25. The number of aromatic hydroxyl groups is 1. The van der Waals surface area contributed by atoms with E-state index in [0.29, 0.717) is 18.7 Å². The van der Waals surface area contributed by atoms with Crippen LogP contribution < -0.4 is 5.32 Å². The molecule has 3 nitrogen and oxygen atoms in total. The smallest absolute Gasteiger partial charge is 0.187 e. The van der Waals surface area contributed by atoms with Gasteiger partial charge in [0.15, 0.2) is 17.4 Å². The van der Waals surface area contributed by atoms with E-state index >= 15 is 0 Å². The van der Waals surface area contributed by atoms with E-state index in [0.717, 1.165) is 29.3 Å². The Hall–Kier alpha value is -1.53. The van der Waals surface area contributed by atoms with Crippen LogP contribution in [0.1, 0.15) is 16.3 Å². The molecule has 0 aliphatic heterocycles. The van der Waals surface area contributed by atoms with Gasteiger partial charge in [0.25, 0.3) is 0 Å². The minimum Gasteiger partial charge on any atom is -0.503 e. The highest BCUT2D eigenvalue weighted by Crippen LogP contribution is 2.21. The summed E-state index contributed by atoms with van der Waals surface area (Å²) in [4.78, 5) is 4.32. The van der Waals surface area contributed by atoms with Gasteiger partial charge >= 0.3 is 0 Å². The minimum atomic E-state index is -0.938. The molecule has 0 amide bonds. The molecule has 0 saturated carbocycles. The Balaban J connectivity index is 1.83. The summed E-state index contributed by atoms with van der Waals surface area (Å²) in [5.41, 5.74) is 1.47. The van der Waals surface area contributed by atoms with Crippen LogP contribution in [-0.2, 0) is 13.0 Å². The number of rotatable bonds is 5. The lowest BCUT2D eigenvalue weighted by Crippen LogP contribution is -2.17. The van der Waals surface area contributed by atoms with Gasteiger partial charge < -0.3 is 10.4 Å². The molecule has 19 heavy (non-hydrogen) atoms. The fraction of sp³-hybridized carbons (Fsp3) is 0.308. The van der Waals surface area contributed by atoms with Crippen molar-refractivity contribution in [3.05, 3.63) is 45.4 Å². The lowest BCUT2D eigenvalue weighted by atomic mass is 10.2. The van der Waals surface area contributed by atoms with Crippen molar-refractivity contribution in [1.82, 2.24) is 10.3 Å². The highest BCUT2D eigenvalue weighted by Gasteiger charge is 2.09. The van der Waals surface area contributed by atoms with Crippen molar-refractivity contribution in [3.63, 3.8) is 0 Å². The summed E-state index contributed by atoms with van der Waals surface area (Å²) in [6.07, 6.45) is 0.771. The van der Waals surface area contributed by atoms with Crippen molar-refractivity contribution in [2.24, 2.45) is 0 Å². The molecule has 2 aromatic rings.